The molecule has 1 aromatic carbocycles. The average molecular weight is 421 g/mol. The molecule has 1 atom stereocenters. The number of carbonyl (C=O) groups is 2. The van der Waals surface area contributed by atoms with Crippen LogP contribution < -0.4 is 9.47 Å². The Bertz CT molecular complexity index is 716. The van der Waals surface area contributed by atoms with E-state index in [0.29, 0.717) is 0 Å². The molecule has 1 aromatic rings. The van der Waals surface area contributed by atoms with E-state index in [2.05, 4.69) is 28.0 Å². The van der Waals surface area contributed by atoms with Crippen molar-refractivity contribution in [2.75, 3.05) is 46.9 Å². The van der Waals surface area contributed by atoms with Gasteiger partial charge in [0.25, 0.3) is 0 Å². The zero-order valence-corrected chi connectivity index (χ0v) is 17.7. The number of aliphatic carboxylic acids is 2. The van der Waals surface area contributed by atoms with E-state index in [1.165, 1.54) is 44.5 Å². The van der Waals surface area contributed by atoms with Crippen molar-refractivity contribution in [2.45, 2.75) is 25.8 Å². The number of rotatable bonds is 6. The Kier molecular flexibility index (Phi) is 9.63. The number of nitrogens with zero attached hydrogens (tertiary/aromatic N) is 2. The first-order valence-electron chi connectivity index (χ1n) is 10.2. The summed E-state index contributed by atoms with van der Waals surface area (Å²) in [6.07, 6.45) is 8.58. The first-order valence-corrected chi connectivity index (χ1v) is 10.2. The predicted octanol–water partition coefficient (Wildman–Crippen LogP) is 2.33. The normalized spacial score (nSPS) is 19.5. The number of benzene rings is 1. The largest absolute Gasteiger partial charge is 0.497 e. The molecular weight excluding hydrogens is 388 g/mol. The Balaban J connectivity index is 0.000000469. The third-order valence-electron chi connectivity index (χ3n) is 5.42. The van der Waals surface area contributed by atoms with Crippen LogP contribution in [0.4, 0.5) is 0 Å². The summed E-state index contributed by atoms with van der Waals surface area (Å²) in [5, 5.41) is 14.8. The molecule has 3 rings (SSSR count). The van der Waals surface area contributed by atoms with Gasteiger partial charge >= 0.3 is 11.9 Å². The summed E-state index contributed by atoms with van der Waals surface area (Å²) in [5.74, 6) is -0.938. The van der Waals surface area contributed by atoms with Gasteiger partial charge in [0, 0.05) is 44.8 Å². The van der Waals surface area contributed by atoms with Gasteiger partial charge in [0.15, 0.2) is 0 Å². The Morgan fingerprint density at radius 3 is 2.20 bits per heavy atom. The summed E-state index contributed by atoms with van der Waals surface area (Å²) in [7, 11) is 3.45. The lowest BCUT2D eigenvalue weighted by Crippen LogP contribution is -2.47. The van der Waals surface area contributed by atoms with Gasteiger partial charge in [-0.15, -0.1) is 0 Å². The lowest BCUT2D eigenvalue weighted by Gasteiger charge is -2.37. The fraction of sp³-hybridized carbons (Fsp3) is 0.545. The summed E-state index contributed by atoms with van der Waals surface area (Å²) in [6, 6.07) is 6.06. The van der Waals surface area contributed by atoms with E-state index in [-0.39, 0.29) is 0 Å². The lowest BCUT2D eigenvalue weighted by atomic mass is 9.94. The molecule has 0 bridgehead atoms. The van der Waals surface area contributed by atoms with E-state index < -0.39 is 11.9 Å². The van der Waals surface area contributed by atoms with Gasteiger partial charge < -0.3 is 24.6 Å². The van der Waals surface area contributed by atoms with Gasteiger partial charge in [0.2, 0.25) is 0 Å². The molecule has 0 radical (unpaired) electrons. The summed E-state index contributed by atoms with van der Waals surface area (Å²) < 4.78 is 10.9. The molecule has 2 aliphatic rings. The molecule has 1 heterocycles. The monoisotopic (exact) mass is 420 g/mol. The quantitative estimate of drug-likeness (QED) is 0.534. The molecule has 1 fully saturated rings. The number of methoxy groups -OCH3 is 2. The Hall–Kier alpha value is -2.58. The van der Waals surface area contributed by atoms with Gasteiger partial charge in [-0.3, -0.25) is 4.90 Å². The van der Waals surface area contributed by atoms with Crippen molar-refractivity contribution in [2.24, 2.45) is 5.92 Å². The molecule has 1 aliphatic heterocycles. The van der Waals surface area contributed by atoms with E-state index >= 15 is 0 Å². The summed E-state index contributed by atoms with van der Waals surface area (Å²) in [6.45, 7) is 6.80. The van der Waals surface area contributed by atoms with E-state index in [9.17, 15) is 0 Å². The lowest BCUT2D eigenvalue weighted by molar-refractivity contribution is -0.159. The fourth-order valence-corrected chi connectivity index (χ4v) is 3.76. The van der Waals surface area contributed by atoms with Crippen LogP contribution in [0.2, 0.25) is 0 Å². The SMILES string of the molecule is COc1ccc(OC)c(CN2CCN(CC3CC=CCC3)CC2)c1.O=C(O)C(=O)O. The van der Waals surface area contributed by atoms with E-state index in [4.69, 9.17) is 29.3 Å². The van der Waals surface area contributed by atoms with Gasteiger partial charge in [-0.25, -0.2) is 9.59 Å². The van der Waals surface area contributed by atoms with Crippen molar-refractivity contribution in [1.29, 1.82) is 0 Å². The number of ether oxygens (including phenoxy) is 2. The fourth-order valence-electron chi connectivity index (χ4n) is 3.76. The number of hydrogen-bond acceptors (Lipinski definition) is 6. The van der Waals surface area contributed by atoms with Gasteiger partial charge in [-0.05, 0) is 43.4 Å². The molecule has 0 spiro atoms. The molecular formula is C22H32N2O6. The Labute approximate surface area is 177 Å². The predicted molar refractivity (Wildman–Crippen MR) is 113 cm³/mol. The van der Waals surface area contributed by atoms with Crippen molar-refractivity contribution in [3.63, 3.8) is 0 Å². The van der Waals surface area contributed by atoms with E-state index in [0.717, 1.165) is 37.1 Å². The van der Waals surface area contributed by atoms with Crippen LogP contribution in [0.1, 0.15) is 24.8 Å². The highest BCUT2D eigenvalue weighted by Crippen LogP contribution is 2.26. The van der Waals surface area contributed by atoms with Crippen LogP contribution in [-0.4, -0.2) is 78.9 Å². The topological polar surface area (TPSA) is 99.5 Å². The minimum absolute atomic E-state index is 0.861. The van der Waals surface area contributed by atoms with Crippen LogP contribution in [0, 0.1) is 5.92 Å². The molecule has 0 saturated carbocycles. The molecule has 2 N–H and O–H groups in total. The second-order valence-electron chi connectivity index (χ2n) is 7.52. The highest BCUT2D eigenvalue weighted by Gasteiger charge is 2.21. The maximum atomic E-state index is 9.10. The maximum absolute atomic E-state index is 9.10. The molecule has 30 heavy (non-hydrogen) atoms. The van der Waals surface area contributed by atoms with Crippen LogP contribution >= 0.6 is 0 Å². The van der Waals surface area contributed by atoms with Crippen LogP contribution in [-0.2, 0) is 16.1 Å². The number of hydrogen-bond donors (Lipinski definition) is 2. The second kappa shape index (κ2) is 12.2. The van der Waals surface area contributed by atoms with Crippen LogP contribution in [0.25, 0.3) is 0 Å². The first kappa shape index (κ1) is 23.7. The van der Waals surface area contributed by atoms with Crippen molar-refractivity contribution in [3.05, 3.63) is 35.9 Å². The standard InChI is InChI=1S/C20H30N2O2.C2H2O4/c1-23-19-8-9-20(24-2)18(14-19)16-22-12-10-21(11-13-22)15-17-6-4-3-5-7-17;3-1(4)2(5)6/h3-4,8-9,14,17H,5-7,10-13,15-16H2,1-2H3;(H,3,4)(H,5,6). The molecule has 0 aromatic heterocycles. The second-order valence-corrected chi connectivity index (χ2v) is 7.52. The van der Waals surface area contributed by atoms with Crippen LogP contribution in [0.5, 0.6) is 11.5 Å². The number of carboxylic acid groups (broad SMARTS) is 2. The molecule has 1 unspecified atom stereocenters. The van der Waals surface area contributed by atoms with Crippen molar-refractivity contribution in [1.82, 2.24) is 9.80 Å². The van der Waals surface area contributed by atoms with Crippen molar-refractivity contribution >= 4 is 11.9 Å². The van der Waals surface area contributed by atoms with E-state index in [1.54, 1.807) is 14.2 Å². The van der Waals surface area contributed by atoms with Gasteiger partial charge in [0.1, 0.15) is 11.5 Å². The van der Waals surface area contributed by atoms with Gasteiger partial charge in [-0.1, -0.05) is 12.2 Å². The Morgan fingerprint density at radius 2 is 1.67 bits per heavy atom. The van der Waals surface area contributed by atoms with Crippen LogP contribution in [0.3, 0.4) is 0 Å². The third kappa shape index (κ3) is 7.68. The molecule has 166 valence electrons. The molecule has 8 heteroatoms. The number of allylic oxidation sites excluding steroid dienone is 2. The Morgan fingerprint density at radius 1 is 1.00 bits per heavy atom. The van der Waals surface area contributed by atoms with Crippen molar-refractivity contribution < 1.29 is 29.3 Å². The van der Waals surface area contributed by atoms with Gasteiger partial charge in [-0.2, -0.15) is 0 Å². The smallest absolute Gasteiger partial charge is 0.414 e. The number of carboxylic acids is 2. The molecule has 8 nitrogen and oxygen atoms in total. The minimum atomic E-state index is -1.82. The molecule has 1 aliphatic carbocycles. The minimum Gasteiger partial charge on any atom is -0.497 e. The summed E-state index contributed by atoms with van der Waals surface area (Å²) in [4.78, 5) is 23.4. The third-order valence-corrected chi connectivity index (χ3v) is 5.42. The summed E-state index contributed by atoms with van der Waals surface area (Å²) in [5.41, 5.74) is 1.21. The van der Waals surface area contributed by atoms with Crippen LogP contribution in [0.15, 0.2) is 30.4 Å². The first-order chi connectivity index (χ1) is 14.4. The highest BCUT2D eigenvalue weighted by molar-refractivity contribution is 6.27. The summed E-state index contributed by atoms with van der Waals surface area (Å²) >= 11 is 0. The maximum Gasteiger partial charge on any atom is 0.414 e. The highest BCUT2D eigenvalue weighted by atomic mass is 16.5. The molecule has 1 saturated heterocycles. The molecule has 0 amide bonds. The zero-order chi connectivity index (χ0) is 21.9. The average Bonchev–Trinajstić information content (AvgIpc) is 2.76. The van der Waals surface area contributed by atoms with Crippen molar-refractivity contribution in [3.8, 4) is 11.5 Å². The zero-order valence-electron chi connectivity index (χ0n) is 17.7. The number of piperazine rings is 1. The van der Waals surface area contributed by atoms with Gasteiger partial charge in [0.05, 0.1) is 14.2 Å². The van der Waals surface area contributed by atoms with E-state index in [1.807, 2.05) is 12.1 Å².